The Morgan fingerprint density at radius 3 is 2.67 bits per heavy atom. The minimum atomic E-state index is -3.23. The molecule has 0 aromatic carbocycles. The second kappa shape index (κ2) is 5.58. The van der Waals surface area contributed by atoms with Crippen LogP contribution >= 0.6 is 0 Å². The molecule has 1 rings (SSSR count). The first-order valence-electron chi connectivity index (χ1n) is 4.95. The summed E-state index contributed by atoms with van der Waals surface area (Å²) >= 11 is 0. The monoisotopic (exact) mass is 272 g/mol. The van der Waals surface area contributed by atoms with Crippen molar-refractivity contribution in [1.82, 2.24) is 4.98 Å². The summed E-state index contributed by atoms with van der Waals surface area (Å²) in [4.78, 5) is 25.9. The zero-order valence-corrected chi connectivity index (χ0v) is 10.4. The van der Waals surface area contributed by atoms with E-state index in [1.807, 2.05) is 0 Å². The number of carbonyl (C=O) groups excluding carboxylic acids is 1. The molecule has 0 aliphatic heterocycles. The molecule has 0 unspecified atom stereocenters. The highest BCUT2D eigenvalue weighted by Gasteiger charge is 2.14. The quantitative estimate of drug-likeness (QED) is 0.789. The molecule has 98 valence electrons. The van der Waals surface area contributed by atoms with Crippen LogP contribution < -0.4 is 5.32 Å². The SMILES string of the molecule is CS(=O)(=O)CCC(=O)Nc1cccnc1C(=O)O. The van der Waals surface area contributed by atoms with Crippen molar-refractivity contribution in [2.75, 3.05) is 17.3 Å². The van der Waals surface area contributed by atoms with Gasteiger partial charge in [-0.3, -0.25) is 4.79 Å². The number of aromatic nitrogens is 1. The smallest absolute Gasteiger partial charge is 0.356 e. The van der Waals surface area contributed by atoms with E-state index in [1.165, 1.54) is 18.3 Å². The molecule has 0 fully saturated rings. The van der Waals surface area contributed by atoms with Gasteiger partial charge in [-0.2, -0.15) is 0 Å². The number of carboxylic acid groups (broad SMARTS) is 1. The van der Waals surface area contributed by atoms with Crippen LogP contribution in [0.3, 0.4) is 0 Å². The average molecular weight is 272 g/mol. The first-order chi connectivity index (χ1) is 8.29. The predicted octanol–water partition coefficient (Wildman–Crippen LogP) is 0.153. The van der Waals surface area contributed by atoms with Crippen molar-refractivity contribution in [3.05, 3.63) is 24.0 Å². The van der Waals surface area contributed by atoms with Crippen LogP contribution in [0.4, 0.5) is 5.69 Å². The highest BCUT2D eigenvalue weighted by molar-refractivity contribution is 7.90. The van der Waals surface area contributed by atoms with Crippen LogP contribution in [0.2, 0.25) is 0 Å². The van der Waals surface area contributed by atoms with Gasteiger partial charge in [0.25, 0.3) is 0 Å². The molecule has 1 aromatic rings. The Hall–Kier alpha value is -1.96. The van der Waals surface area contributed by atoms with E-state index in [2.05, 4.69) is 10.3 Å². The standard InChI is InChI=1S/C10H12N2O5S/c1-18(16,17)6-4-8(13)12-7-3-2-5-11-9(7)10(14)15/h2-3,5H,4,6H2,1H3,(H,12,13)(H,14,15). The first kappa shape index (κ1) is 14.1. The van der Waals surface area contributed by atoms with Crippen molar-refractivity contribution >= 4 is 27.4 Å². The fourth-order valence-corrected chi connectivity index (χ4v) is 1.72. The van der Waals surface area contributed by atoms with Crippen LogP contribution in [0.25, 0.3) is 0 Å². The second-order valence-electron chi connectivity index (χ2n) is 3.63. The van der Waals surface area contributed by atoms with Crippen LogP contribution in [0, 0.1) is 0 Å². The lowest BCUT2D eigenvalue weighted by molar-refractivity contribution is -0.115. The number of nitrogens with zero attached hydrogens (tertiary/aromatic N) is 1. The molecule has 18 heavy (non-hydrogen) atoms. The average Bonchev–Trinajstić information content (AvgIpc) is 2.26. The zero-order chi connectivity index (χ0) is 13.8. The molecule has 8 heteroatoms. The van der Waals surface area contributed by atoms with E-state index in [9.17, 15) is 18.0 Å². The minimum Gasteiger partial charge on any atom is -0.476 e. The van der Waals surface area contributed by atoms with E-state index in [0.29, 0.717) is 0 Å². The van der Waals surface area contributed by atoms with Crippen molar-refractivity contribution in [2.45, 2.75) is 6.42 Å². The fourth-order valence-electron chi connectivity index (χ4n) is 1.17. The number of nitrogens with one attached hydrogen (secondary N) is 1. The van der Waals surface area contributed by atoms with Gasteiger partial charge in [0.2, 0.25) is 5.91 Å². The summed E-state index contributed by atoms with van der Waals surface area (Å²) in [6.07, 6.45) is 2.08. The summed E-state index contributed by atoms with van der Waals surface area (Å²) in [6.45, 7) is 0. The van der Waals surface area contributed by atoms with Gasteiger partial charge in [-0.25, -0.2) is 18.2 Å². The minimum absolute atomic E-state index is 0.0449. The molecule has 1 amide bonds. The van der Waals surface area contributed by atoms with Crippen molar-refractivity contribution in [1.29, 1.82) is 0 Å². The van der Waals surface area contributed by atoms with E-state index in [4.69, 9.17) is 5.11 Å². The number of aromatic carboxylic acids is 1. The highest BCUT2D eigenvalue weighted by atomic mass is 32.2. The maximum absolute atomic E-state index is 11.4. The molecular formula is C10H12N2O5S. The third-order valence-electron chi connectivity index (χ3n) is 1.98. The number of carboxylic acids is 1. The summed E-state index contributed by atoms with van der Waals surface area (Å²) in [7, 11) is -3.23. The van der Waals surface area contributed by atoms with Gasteiger partial charge in [-0.05, 0) is 12.1 Å². The highest BCUT2D eigenvalue weighted by Crippen LogP contribution is 2.12. The number of hydrogen-bond donors (Lipinski definition) is 2. The summed E-state index contributed by atoms with van der Waals surface area (Å²) in [5.41, 5.74) is -0.242. The van der Waals surface area contributed by atoms with Gasteiger partial charge < -0.3 is 10.4 Å². The van der Waals surface area contributed by atoms with Crippen molar-refractivity contribution in [3.8, 4) is 0 Å². The number of amides is 1. The van der Waals surface area contributed by atoms with Gasteiger partial charge in [0.1, 0.15) is 9.84 Å². The number of anilines is 1. The van der Waals surface area contributed by atoms with Crippen molar-refractivity contribution < 1.29 is 23.1 Å². The molecule has 0 saturated heterocycles. The number of sulfone groups is 1. The van der Waals surface area contributed by atoms with E-state index >= 15 is 0 Å². The summed E-state index contributed by atoms with van der Waals surface area (Å²) < 4.78 is 21.8. The van der Waals surface area contributed by atoms with E-state index < -0.39 is 21.7 Å². The Kier molecular flexibility index (Phi) is 4.38. The van der Waals surface area contributed by atoms with Crippen LogP contribution in [-0.4, -0.2) is 42.4 Å². The summed E-state index contributed by atoms with van der Waals surface area (Å²) in [5, 5.41) is 11.1. The Labute approximate surface area is 104 Å². The molecule has 0 radical (unpaired) electrons. The fraction of sp³-hybridized carbons (Fsp3) is 0.300. The van der Waals surface area contributed by atoms with E-state index in [0.717, 1.165) is 6.26 Å². The Bertz CT molecular complexity index is 567. The number of rotatable bonds is 5. The molecule has 1 heterocycles. The number of carbonyl (C=O) groups is 2. The third-order valence-corrected chi connectivity index (χ3v) is 2.93. The predicted molar refractivity (Wildman–Crippen MR) is 64.2 cm³/mol. The van der Waals surface area contributed by atoms with Gasteiger partial charge in [0, 0.05) is 18.9 Å². The Balaban J connectivity index is 2.73. The zero-order valence-electron chi connectivity index (χ0n) is 9.58. The van der Waals surface area contributed by atoms with Gasteiger partial charge in [-0.15, -0.1) is 0 Å². The van der Waals surface area contributed by atoms with Crippen LogP contribution in [0.15, 0.2) is 18.3 Å². The van der Waals surface area contributed by atoms with Crippen LogP contribution in [0.5, 0.6) is 0 Å². The van der Waals surface area contributed by atoms with Gasteiger partial charge >= 0.3 is 5.97 Å². The molecule has 0 spiro atoms. The van der Waals surface area contributed by atoms with Gasteiger partial charge in [-0.1, -0.05) is 0 Å². The molecule has 0 aliphatic rings. The van der Waals surface area contributed by atoms with Crippen LogP contribution in [-0.2, 0) is 14.6 Å². The second-order valence-corrected chi connectivity index (χ2v) is 5.89. The molecule has 0 aliphatic carbocycles. The third kappa shape index (κ3) is 4.50. The summed E-state index contributed by atoms with van der Waals surface area (Å²) in [6, 6.07) is 2.85. The Morgan fingerprint density at radius 2 is 2.11 bits per heavy atom. The normalized spacial score (nSPS) is 10.9. The lowest BCUT2D eigenvalue weighted by Gasteiger charge is -2.06. The molecule has 7 nitrogen and oxygen atoms in total. The summed E-state index contributed by atoms with van der Waals surface area (Å²) in [5.74, 6) is -2.13. The molecule has 0 atom stereocenters. The maximum Gasteiger partial charge on any atom is 0.356 e. The van der Waals surface area contributed by atoms with Gasteiger partial charge in [0.05, 0.1) is 11.4 Å². The van der Waals surface area contributed by atoms with E-state index in [-0.39, 0.29) is 23.6 Å². The first-order valence-corrected chi connectivity index (χ1v) is 7.01. The van der Waals surface area contributed by atoms with Crippen molar-refractivity contribution in [3.63, 3.8) is 0 Å². The molecule has 0 saturated carbocycles. The lowest BCUT2D eigenvalue weighted by Crippen LogP contribution is -2.18. The number of hydrogen-bond acceptors (Lipinski definition) is 5. The Morgan fingerprint density at radius 1 is 1.44 bits per heavy atom. The van der Waals surface area contributed by atoms with E-state index in [1.54, 1.807) is 0 Å². The topological polar surface area (TPSA) is 113 Å². The molecule has 0 bridgehead atoms. The van der Waals surface area contributed by atoms with Gasteiger partial charge in [0.15, 0.2) is 5.69 Å². The van der Waals surface area contributed by atoms with Crippen LogP contribution in [0.1, 0.15) is 16.9 Å². The lowest BCUT2D eigenvalue weighted by atomic mass is 10.3. The molecular weight excluding hydrogens is 260 g/mol. The largest absolute Gasteiger partial charge is 0.476 e. The van der Waals surface area contributed by atoms with Crippen molar-refractivity contribution in [2.24, 2.45) is 0 Å². The maximum atomic E-state index is 11.4. The molecule has 2 N–H and O–H groups in total. The number of pyridine rings is 1. The molecule has 1 aromatic heterocycles.